The van der Waals surface area contributed by atoms with Gasteiger partial charge in [0.05, 0.1) is 17.1 Å². The molecular formula is C22H23N3O3S2. The molecule has 0 radical (unpaired) electrons. The summed E-state index contributed by atoms with van der Waals surface area (Å²) < 4.78 is 5.94. The molecule has 0 aliphatic carbocycles. The zero-order chi connectivity index (χ0) is 21.1. The van der Waals surface area contributed by atoms with Crippen molar-refractivity contribution in [2.45, 2.75) is 38.8 Å². The van der Waals surface area contributed by atoms with Crippen molar-refractivity contribution >= 4 is 40.2 Å². The van der Waals surface area contributed by atoms with Gasteiger partial charge in [-0.25, -0.2) is 4.98 Å². The number of carbonyl (C=O) groups is 2. The molecule has 0 bridgehead atoms. The second-order valence-corrected chi connectivity index (χ2v) is 8.83. The van der Waals surface area contributed by atoms with Crippen LogP contribution in [-0.4, -0.2) is 35.5 Å². The van der Waals surface area contributed by atoms with Crippen LogP contribution in [0.2, 0.25) is 0 Å². The van der Waals surface area contributed by atoms with E-state index in [1.807, 2.05) is 49.6 Å². The van der Waals surface area contributed by atoms with Gasteiger partial charge in [-0.3, -0.25) is 14.5 Å². The largest absolute Gasteiger partial charge is 0.477 e. The van der Waals surface area contributed by atoms with E-state index in [0.29, 0.717) is 17.1 Å². The first-order chi connectivity index (χ1) is 14.6. The van der Waals surface area contributed by atoms with E-state index in [-0.39, 0.29) is 24.4 Å². The highest BCUT2D eigenvalue weighted by atomic mass is 32.1. The Kier molecular flexibility index (Phi) is 6.15. The summed E-state index contributed by atoms with van der Waals surface area (Å²) in [4.78, 5) is 33.3. The Balaban J connectivity index is 1.59. The Morgan fingerprint density at radius 2 is 2.00 bits per heavy atom. The van der Waals surface area contributed by atoms with E-state index in [9.17, 15) is 9.59 Å². The Hall–Kier alpha value is -2.71. The number of hydrogen-bond donors (Lipinski definition) is 1. The molecule has 1 aliphatic rings. The first kappa shape index (κ1) is 20.6. The normalized spacial score (nSPS) is 15.6. The summed E-state index contributed by atoms with van der Waals surface area (Å²) in [6, 6.07) is 11.3. The van der Waals surface area contributed by atoms with Crippen LogP contribution in [0, 0.1) is 0 Å². The monoisotopic (exact) mass is 441 g/mol. The quantitative estimate of drug-likeness (QED) is 0.608. The van der Waals surface area contributed by atoms with Crippen LogP contribution in [0.25, 0.3) is 9.88 Å². The number of anilines is 1. The zero-order valence-corrected chi connectivity index (χ0v) is 18.5. The lowest BCUT2D eigenvalue weighted by molar-refractivity contribution is -0.128. The molecule has 2 amide bonds. The minimum Gasteiger partial charge on any atom is -0.477 e. The van der Waals surface area contributed by atoms with Crippen molar-refractivity contribution in [2.24, 2.45) is 0 Å². The molecule has 156 valence electrons. The number of benzene rings is 1. The fourth-order valence-electron chi connectivity index (χ4n) is 3.37. The van der Waals surface area contributed by atoms with Gasteiger partial charge in [-0.1, -0.05) is 32.0 Å². The Morgan fingerprint density at radius 1 is 1.20 bits per heavy atom. The molecule has 1 aromatic carbocycles. The third kappa shape index (κ3) is 4.11. The number of nitrogens with zero attached hydrogens (tertiary/aromatic N) is 2. The number of fused-ring (bicyclic) bond motifs is 1. The fourth-order valence-corrected chi connectivity index (χ4v) is 4.98. The van der Waals surface area contributed by atoms with Crippen molar-refractivity contribution in [1.82, 2.24) is 10.3 Å². The summed E-state index contributed by atoms with van der Waals surface area (Å²) in [7, 11) is 0. The van der Waals surface area contributed by atoms with Crippen molar-refractivity contribution in [3.8, 4) is 15.6 Å². The van der Waals surface area contributed by atoms with Crippen molar-refractivity contribution < 1.29 is 14.3 Å². The smallest absolute Gasteiger partial charge is 0.278 e. The average molecular weight is 442 g/mol. The van der Waals surface area contributed by atoms with Gasteiger partial charge in [0.2, 0.25) is 0 Å². The molecule has 0 saturated carbocycles. The van der Waals surface area contributed by atoms with Gasteiger partial charge in [0, 0.05) is 11.4 Å². The van der Waals surface area contributed by atoms with Crippen molar-refractivity contribution in [3.63, 3.8) is 0 Å². The molecule has 3 aromatic rings. The maximum atomic E-state index is 13.3. The van der Waals surface area contributed by atoms with E-state index in [1.165, 1.54) is 11.3 Å². The van der Waals surface area contributed by atoms with Crippen LogP contribution >= 0.6 is 22.7 Å². The molecule has 1 N–H and O–H groups in total. The highest BCUT2D eigenvalue weighted by Crippen LogP contribution is 2.35. The molecule has 1 atom stereocenters. The molecule has 1 aliphatic heterocycles. The summed E-state index contributed by atoms with van der Waals surface area (Å²) in [5.74, 6) is 0.0919. The molecule has 8 heteroatoms. The minimum atomic E-state index is -0.764. The van der Waals surface area contributed by atoms with Gasteiger partial charge in [-0.2, -0.15) is 0 Å². The summed E-state index contributed by atoms with van der Waals surface area (Å²) >= 11 is 3.03. The number of para-hydroxylation sites is 2. The van der Waals surface area contributed by atoms with Crippen LogP contribution in [-0.2, 0) is 4.79 Å². The molecular weight excluding hydrogens is 418 g/mol. The first-order valence-corrected chi connectivity index (χ1v) is 11.7. The van der Waals surface area contributed by atoms with Crippen LogP contribution in [0.3, 0.4) is 0 Å². The molecule has 4 rings (SSSR count). The molecule has 2 aromatic heterocycles. The van der Waals surface area contributed by atoms with Gasteiger partial charge in [-0.05, 0) is 36.4 Å². The first-order valence-electron chi connectivity index (χ1n) is 9.98. The highest BCUT2D eigenvalue weighted by molar-refractivity contribution is 7.20. The number of amides is 2. The summed E-state index contributed by atoms with van der Waals surface area (Å²) in [6.07, 6.45) is 0.927. The number of carbonyl (C=O) groups excluding carboxylic acids is 2. The lowest BCUT2D eigenvalue weighted by Gasteiger charge is -2.34. The Bertz CT molecular complexity index is 1030. The number of hydrogen-bond acceptors (Lipinski definition) is 6. The van der Waals surface area contributed by atoms with E-state index < -0.39 is 6.10 Å². The lowest BCUT2D eigenvalue weighted by atomic mass is 10.1. The van der Waals surface area contributed by atoms with E-state index in [0.717, 1.165) is 22.7 Å². The zero-order valence-electron chi connectivity index (χ0n) is 16.8. The van der Waals surface area contributed by atoms with Gasteiger partial charge in [-0.15, -0.1) is 22.7 Å². The van der Waals surface area contributed by atoms with Gasteiger partial charge in [0.1, 0.15) is 16.5 Å². The standard InChI is InChI=1S/C22H23N3O3S2/c1-3-14(4-2)23-20(26)18-12-25(16-8-5-6-9-17(16)28-18)22(27)15-13-30-21(24-15)19-10-7-11-29-19/h5-11,13-14,18H,3-4,12H2,1-2H3,(H,23,26). The molecule has 3 heterocycles. The van der Waals surface area contributed by atoms with E-state index >= 15 is 0 Å². The maximum Gasteiger partial charge on any atom is 0.278 e. The molecule has 30 heavy (non-hydrogen) atoms. The van der Waals surface area contributed by atoms with E-state index in [2.05, 4.69) is 10.3 Å². The second-order valence-electron chi connectivity index (χ2n) is 7.03. The topological polar surface area (TPSA) is 71.5 Å². The Morgan fingerprint density at radius 3 is 2.73 bits per heavy atom. The lowest BCUT2D eigenvalue weighted by Crippen LogP contribution is -2.52. The van der Waals surface area contributed by atoms with Crippen molar-refractivity contribution in [2.75, 3.05) is 11.4 Å². The van der Waals surface area contributed by atoms with Gasteiger partial charge in [0.25, 0.3) is 11.8 Å². The van der Waals surface area contributed by atoms with Crippen LogP contribution in [0.4, 0.5) is 5.69 Å². The van der Waals surface area contributed by atoms with Crippen LogP contribution in [0.15, 0.2) is 47.2 Å². The number of thiophene rings is 1. The maximum absolute atomic E-state index is 13.3. The second kappa shape index (κ2) is 8.97. The predicted molar refractivity (Wildman–Crippen MR) is 120 cm³/mol. The molecule has 0 fully saturated rings. The SMILES string of the molecule is CCC(CC)NC(=O)C1CN(C(=O)c2csc(-c3cccs3)n2)c2ccccc2O1. The number of nitrogens with one attached hydrogen (secondary N) is 1. The molecule has 1 unspecified atom stereocenters. The van der Waals surface area contributed by atoms with Crippen molar-refractivity contribution in [1.29, 1.82) is 0 Å². The molecule has 0 saturated heterocycles. The third-order valence-corrected chi connectivity index (χ3v) is 6.98. The fraction of sp³-hybridized carbons (Fsp3) is 0.318. The predicted octanol–water partition coefficient (Wildman–Crippen LogP) is 4.58. The number of thiazole rings is 1. The van der Waals surface area contributed by atoms with E-state index in [1.54, 1.807) is 27.7 Å². The minimum absolute atomic E-state index is 0.0920. The van der Waals surface area contributed by atoms with Crippen molar-refractivity contribution in [3.05, 3.63) is 52.9 Å². The van der Waals surface area contributed by atoms with Gasteiger partial charge in [0.15, 0.2) is 6.10 Å². The molecule has 6 nitrogen and oxygen atoms in total. The van der Waals surface area contributed by atoms with Crippen LogP contribution < -0.4 is 15.0 Å². The Labute approximate surface area is 183 Å². The van der Waals surface area contributed by atoms with E-state index in [4.69, 9.17) is 4.74 Å². The summed E-state index contributed by atoms with van der Waals surface area (Å²) in [6.45, 7) is 4.22. The van der Waals surface area contributed by atoms with Gasteiger partial charge >= 0.3 is 0 Å². The number of rotatable bonds is 6. The molecule has 0 spiro atoms. The van der Waals surface area contributed by atoms with Gasteiger partial charge < -0.3 is 10.1 Å². The average Bonchev–Trinajstić information content (AvgIpc) is 3.48. The van der Waals surface area contributed by atoms with Crippen LogP contribution in [0.5, 0.6) is 5.75 Å². The summed E-state index contributed by atoms with van der Waals surface area (Å²) in [5.41, 5.74) is 1.03. The number of ether oxygens (including phenoxy) is 1. The third-order valence-electron chi connectivity index (χ3n) is 5.10. The summed E-state index contributed by atoms with van der Waals surface area (Å²) in [5, 5.41) is 7.60. The number of aromatic nitrogens is 1. The highest BCUT2D eigenvalue weighted by Gasteiger charge is 2.35. The van der Waals surface area contributed by atoms with Crippen LogP contribution in [0.1, 0.15) is 37.2 Å².